The second-order valence-electron chi connectivity index (χ2n) is 2.84. The van der Waals surface area contributed by atoms with Crippen LogP contribution in [0.4, 0.5) is 13.2 Å². The summed E-state index contributed by atoms with van der Waals surface area (Å²) in [5, 5.41) is 2.46. The molecule has 2 unspecified atom stereocenters. The normalized spacial score (nSPS) is 28.6. The maximum absolute atomic E-state index is 12.2. The number of hydrogen-bond donors (Lipinski definition) is 1. The molecule has 2 atom stereocenters. The fraction of sp³-hybridized carbons (Fsp3) is 0.857. The van der Waals surface area contributed by atoms with Crippen LogP contribution < -0.4 is 5.32 Å². The van der Waals surface area contributed by atoms with Gasteiger partial charge in [0.1, 0.15) is 0 Å². The quantitative estimate of drug-likeness (QED) is 0.626. The Bertz CT molecular complexity index is 219. The van der Waals surface area contributed by atoms with Crippen LogP contribution in [0, 0.1) is 0 Å². The minimum atomic E-state index is -4.46. The van der Waals surface area contributed by atoms with E-state index in [1.807, 2.05) is 0 Å². The lowest BCUT2D eigenvalue weighted by atomic mass is 10.2. The molecule has 0 saturated carbocycles. The summed E-state index contributed by atoms with van der Waals surface area (Å²) < 4.78 is 45.3. The summed E-state index contributed by atoms with van der Waals surface area (Å²) in [6.07, 6.45) is -7.58. The molecule has 1 fully saturated rings. The van der Waals surface area contributed by atoms with Crippen LogP contribution in [-0.4, -0.2) is 44.6 Å². The molecule has 4 nitrogen and oxygen atoms in total. The van der Waals surface area contributed by atoms with Crippen molar-refractivity contribution in [3.05, 3.63) is 0 Å². The molecule has 1 heterocycles. The van der Waals surface area contributed by atoms with Crippen molar-refractivity contribution < 1.29 is 27.4 Å². The molecule has 0 amide bonds. The van der Waals surface area contributed by atoms with Gasteiger partial charge in [-0.3, -0.25) is 0 Å². The molecule has 7 heteroatoms. The van der Waals surface area contributed by atoms with Gasteiger partial charge in [-0.25, -0.2) is 4.79 Å². The molecule has 0 bridgehead atoms. The number of methoxy groups -OCH3 is 1. The fourth-order valence-corrected chi connectivity index (χ4v) is 1.10. The predicted molar refractivity (Wildman–Crippen MR) is 39.6 cm³/mol. The number of morpholine rings is 1. The maximum Gasteiger partial charge on any atom is 0.415 e. The van der Waals surface area contributed by atoms with Crippen molar-refractivity contribution >= 4 is 5.97 Å². The van der Waals surface area contributed by atoms with Gasteiger partial charge in [-0.15, -0.1) is 0 Å². The molecule has 1 aliphatic heterocycles. The van der Waals surface area contributed by atoms with E-state index in [1.165, 1.54) is 0 Å². The summed E-state index contributed by atoms with van der Waals surface area (Å²) in [6.45, 7) is -0.295. The summed E-state index contributed by atoms with van der Waals surface area (Å²) in [5.41, 5.74) is 0. The minimum absolute atomic E-state index is 0.0409. The molecule has 0 aliphatic carbocycles. The van der Waals surface area contributed by atoms with Crippen LogP contribution in [0.3, 0.4) is 0 Å². The number of alkyl halides is 3. The fourth-order valence-electron chi connectivity index (χ4n) is 1.10. The zero-order valence-electron chi connectivity index (χ0n) is 7.43. The van der Waals surface area contributed by atoms with Crippen LogP contribution in [0.15, 0.2) is 0 Å². The molecule has 1 rings (SSSR count). The second kappa shape index (κ2) is 4.14. The molecular weight excluding hydrogens is 203 g/mol. The van der Waals surface area contributed by atoms with Gasteiger partial charge in [0.15, 0.2) is 12.2 Å². The van der Waals surface area contributed by atoms with Crippen LogP contribution in [-0.2, 0) is 14.3 Å². The van der Waals surface area contributed by atoms with Gasteiger partial charge in [-0.2, -0.15) is 13.2 Å². The summed E-state index contributed by atoms with van der Waals surface area (Å²) in [4.78, 5) is 10.9. The lowest BCUT2D eigenvalue weighted by molar-refractivity contribution is -0.241. The third-order valence-electron chi connectivity index (χ3n) is 1.82. The highest BCUT2D eigenvalue weighted by molar-refractivity contribution is 5.74. The Morgan fingerprint density at radius 2 is 2.14 bits per heavy atom. The highest BCUT2D eigenvalue weighted by atomic mass is 19.4. The van der Waals surface area contributed by atoms with Crippen molar-refractivity contribution in [1.82, 2.24) is 5.32 Å². The van der Waals surface area contributed by atoms with Gasteiger partial charge >= 0.3 is 12.1 Å². The Balaban J connectivity index is 2.56. The number of carbonyl (C=O) groups excluding carboxylic acids is 1. The number of nitrogens with one attached hydrogen (secondary N) is 1. The van der Waals surface area contributed by atoms with Crippen molar-refractivity contribution in [3.8, 4) is 0 Å². The topological polar surface area (TPSA) is 47.6 Å². The molecule has 14 heavy (non-hydrogen) atoms. The highest BCUT2D eigenvalue weighted by Gasteiger charge is 2.45. The Kier molecular flexibility index (Phi) is 3.33. The van der Waals surface area contributed by atoms with Crippen molar-refractivity contribution in [1.29, 1.82) is 0 Å². The molecule has 0 aromatic rings. The van der Waals surface area contributed by atoms with E-state index in [1.54, 1.807) is 0 Å². The Hall–Kier alpha value is -0.820. The standard InChI is InChI=1S/C7H10F3NO3/c1-13-6(12)4-2-11-3-5(14-4)7(8,9)10/h4-5,11H,2-3H2,1H3. The van der Waals surface area contributed by atoms with Gasteiger partial charge in [0.25, 0.3) is 0 Å². The van der Waals surface area contributed by atoms with E-state index < -0.39 is 24.4 Å². The molecule has 0 aromatic heterocycles. The number of carbonyl (C=O) groups is 1. The largest absolute Gasteiger partial charge is 0.467 e. The van der Waals surface area contributed by atoms with Gasteiger partial charge in [0.2, 0.25) is 0 Å². The Morgan fingerprint density at radius 3 is 2.64 bits per heavy atom. The van der Waals surface area contributed by atoms with Crippen molar-refractivity contribution in [2.75, 3.05) is 20.2 Å². The average molecular weight is 213 g/mol. The number of ether oxygens (including phenoxy) is 2. The molecule has 1 saturated heterocycles. The lowest BCUT2D eigenvalue weighted by Gasteiger charge is -2.30. The molecular formula is C7H10F3NO3. The molecule has 1 N–H and O–H groups in total. The summed E-state index contributed by atoms with van der Waals surface area (Å²) in [7, 11) is 1.10. The van der Waals surface area contributed by atoms with Gasteiger partial charge < -0.3 is 14.8 Å². The molecule has 82 valence electrons. The van der Waals surface area contributed by atoms with E-state index in [0.29, 0.717) is 0 Å². The SMILES string of the molecule is COC(=O)C1CNCC(C(F)(F)F)O1. The lowest BCUT2D eigenvalue weighted by Crippen LogP contribution is -2.53. The van der Waals surface area contributed by atoms with Gasteiger partial charge in [0.05, 0.1) is 7.11 Å². The van der Waals surface area contributed by atoms with E-state index in [0.717, 1.165) is 7.11 Å². The number of hydrogen-bond acceptors (Lipinski definition) is 4. The van der Waals surface area contributed by atoms with Crippen molar-refractivity contribution in [2.24, 2.45) is 0 Å². The third kappa shape index (κ3) is 2.58. The van der Waals surface area contributed by atoms with Crippen LogP contribution in [0.2, 0.25) is 0 Å². The third-order valence-corrected chi connectivity index (χ3v) is 1.82. The van der Waals surface area contributed by atoms with E-state index in [9.17, 15) is 18.0 Å². The first-order chi connectivity index (χ1) is 6.45. The molecule has 0 aromatic carbocycles. The van der Waals surface area contributed by atoms with E-state index in [-0.39, 0.29) is 13.1 Å². The monoisotopic (exact) mass is 213 g/mol. The van der Waals surface area contributed by atoms with Crippen LogP contribution in [0.25, 0.3) is 0 Å². The summed E-state index contributed by atoms with van der Waals surface area (Å²) in [6, 6.07) is 0. The number of halogens is 3. The summed E-state index contributed by atoms with van der Waals surface area (Å²) >= 11 is 0. The minimum Gasteiger partial charge on any atom is -0.467 e. The first-order valence-corrected chi connectivity index (χ1v) is 3.96. The van der Waals surface area contributed by atoms with Gasteiger partial charge in [-0.05, 0) is 0 Å². The average Bonchev–Trinajstić information content (AvgIpc) is 2.15. The smallest absolute Gasteiger partial charge is 0.415 e. The maximum atomic E-state index is 12.2. The molecule has 1 aliphatic rings. The Morgan fingerprint density at radius 1 is 1.50 bits per heavy atom. The van der Waals surface area contributed by atoms with E-state index in [4.69, 9.17) is 0 Å². The van der Waals surface area contributed by atoms with E-state index in [2.05, 4.69) is 14.8 Å². The summed E-state index contributed by atoms with van der Waals surface area (Å²) in [5.74, 6) is -0.800. The number of rotatable bonds is 1. The van der Waals surface area contributed by atoms with Crippen LogP contribution in [0.1, 0.15) is 0 Å². The second-order valence-corrected chi connectivity index (χ2v) is 2.84. The zero-order chi connectivity index (χ0) is 10.8. The first kappa shape index (κ1) is 11.3. The highest BCUT2D eigenvalue weighted by Crippen LogP contribution is 2.25. The Labute approximate surface area is 78.4 Å². The van der Waals surface area contributed by atoms with Crippen molar-refractivity contribution in [2.45, 2.75) is 18.4 Å². The number of esters is 1. The van der Waals surface area contributed by atoms with Crippen LogP contribution >= 0.6 is 0 Å². The first-order valence-electron chi connectivity index (χ1n) is 3.96. The molecule has 0 spiro atoms. The van der Waals surface area contributed by atoms with Crippen molar-refractivity contribution in [3.63, 3.8) is 0 Å². The van der Waals surface area contributed by atoms with E-state index >= 15 is 0 Å². The van der Waals surface area contributed by atoms with Crippen LogP contribution in [0.5, 0.6) is 0 Å². The van der Waals surface area contributed by atoms with Gasteiger partial charge in [-0.1, -0.05) is 0 Å². The predicted octanol–water partition coefficient (Wildman–Crippen LogP) is 0.0787. The molecule has 0 radical (unpaired) electrons. The van der Waals surface area contributed by atoms with Gasteiger partial charge in [0, 0.05) is 13.1 Å². The zero-order valence-corrected chi connectivity index (χ0v) is 7.43.